The van der Waals surface area contributed by atoms with Crippen molar-refractivity contribution >= 4 is 27.5 Å². The third-order valence-corrected chi connectivity index (χ3v) is 4.38. The molecule has 0 aliphatic rings. The Balaban J connectivity index is 1.97. The highest BCUT2D eigenvalue weighted by Gasteiger charge is 2.06. The molecule has 0 aliphatic heterocycles. The average Bonchev–Trinajstić information content (AvgIpc) is 2.85. The molecular weight excluding hydrogens is 280 g/mol. The van der Waals surface area contributed by atoms with Crippen molar-refractivity contribution in [3.63, 3.8) is 0 Å². The van der Waals surface area contributed by atoms with Crippen molar-refractivity contribution in [2.24, 2.45) is 4.99 Å². The van der Waals surface area contributed by atoms with E-state index in [4.69, 9.17) is 0 Å². The van der Waals surface area contributed by atoms with Crippen LogP contribution >= 0.6 is 11.3 Å². The molecule has 0 spiro atoms. The zero-order valence-electron chi connectivity index (χ0n) is 11.8. The summed E-state index contributed by atoms with van der Waals surface area (Å²) in [5.41, 5.74) is 2.13. The molecule has 0 atom stereocenters. The van der Waals surface area contributed by atoms with Crippen molar-refractivity contribution < 1.29 is 4.79 Å². The molecule has 1 heterocycles. The Bertz CT molecular complexity index is 831. The van der Waals surface area contributed by atoms with E-state index < -0.39 is 0 Å². The molecule has 2 aromatic carbocycles. The number of carbonyl (C=O) groups is 1. The number of aromatic nitrogens is 1. The second-order valence-corrected chi connectivity index (χ2v) is 5.77. The van der Waals surface area contributed by atoms with Crippen molar-refractivity contribution in [1.29, 1.82) is 0 Å². The minimum Gasteiger partial charge on any atom is -0.317 e. The Morgan fingerprint density at radius 2 is 1.81 bits per heavy atom. The molecule has 0 aliphatic carbocycles. The van der Waals surface area contributed by atoms with Gasteiger partial charge < -0.3 is 4.57 Å². The van der Waals surface area contributed by atoms with Crippen molar-refractivity contribution in [2.45, 2.75) is 19.9 Å². The molecule has 4 heteroatoms. The fraction of sp³-hybridized carbons (Fsp3) is 0.176. The van der Waals surface area contributed by atoms with Crippen molar-refractivity contribution in [2.75, 3.05) is 0 Å². The van der Waals surface area contributed by atoms with Gasteiger partial charge in [-0.3, -0.25) is 4.79 Å². The molecule has 0 fully saturated rings. The second kappa shape index (κ2) is 6.06. The first-order chi connectivity index (χ1) is 10.3. The van der Waals surface area contributed by atoms with Crippen molar-refractivity contribution in [3.05, 3.63) is 65.0 Å². The molecule has 106 valence electrons. The summed E-state index contributed by atoms with van der Waals surface area (Å²) < 4.78 is 3.24. The maximum atomic E-state index is 12.2. The first-order valence-electron chi connectivity index (χ1n) is 6.98. The van der Waals surface area contributed by atoms with E-state index in [1.165, 1.54) is 0 Å². The van der Waals surface area contributed by atoms with Crippen LogP contribution in [0.2, 0.25) is 0 Å². The number of amides is 1. The van der Waals surface area contributed by atoms with Crippen LogP contribution in [0.1, 0.15) is 12.5 Å². The smallest absolute Gasteiger partial charge is 0.252 e. The van der Waals surface area contributed by atoms with Crippen LogP contribution in [0.15, 0.2) is 59.6 Å². The molecule has 3 nitrogen and oxygen atoms in total. The average molecular weight is 296 g/mol. The predicted octanol–water partition coefficient (Wildman–Crippen LogP) is 3.39. The lowest BCUT2D eigenvalue weighted by Gasteiger charge is -1.99. The van der Waals surface area contributed by atoms with Gasteiger partial charge in [0.05, 0.1) is 16.6 Å². The molecule has 0 radical (unpaired) electrons. The number of benzene rings is 2. The third-order valence-electron chi connectivity index (χ3n) is 3.32. The van der Waals surface area contributed by atoms with E-state index in [9.17, 15) is 4.79 Å². The van der Waals surface area contributed by atoms with Gasteiger partial charge in [-0.25, -0.2) is 0 Å². The highest BCUT2D eigenvalue weighted by Crippen LogP contribution is 2.16. The first-order valence-corrected chi connectivity index (χ1v) is 7.79. The van der Waals surface area contributed by atoms with Crippen LogP contribution in [-0.4, -0.2) is 10.5 Å². The van der Waals surface area contributed by atoms with Crippen LogP contribution in [0.25, 0.3) is 10.2 Å². The zero-order chi connectivity index (χ0) is 14.7. The van der Waals surface area contributed by atoms with Crippen LogP contribution in [0.5, 0.6) is 0 Å². The van der Waals surface area contributed by atoms with E-state index >= 15 is 0 Å². The van der Waals surface area contributed by atoms with Gasteiger partial charge >= 0.3 is 0 Å². The van der Waals surface area contributed by atoms with Gasteiger partial charge in [-0.15, -0.1) is 0 Å². The van der Waals surface area contributed by atoms with E-state index in [1.807, 2.05) is 42.5 Å². The Morgan fingerprint density at radius 1 is 1.10 bits per heavy atom. The molecule has 21 heavy (non-hydrogen) atoms. The van der Waals surface area contributed by atoms with Crippen LogP contribution < -0.4 is 4.80 Å². The molecule has 0 bridgehead atoms. The van der Waals surface area contributed by atoms with Crippen molar-refractivity contribution in [3.8, 4) is 0 Å². The summed E-state index contributed by atoms with van der Waals surface area (Å²) in [6.07, 6.45) is 0.346. The van der Waals surface area contributed by atoms with Crippen LogP contribution in [0, 0.1) is 0 Å². The summed E-state index contributed by atoms with van der Waals surface area (Å²) in [4.78, 5) is 17.2. The monoisotopic (exact) mass is 296 g/mol. The van der Waals surface area contributed by atoms with Gasteiger partial charge in [-0.2, -0.15) is 4.99 Å². The van der Waals surface area contributed by atoms with E-state index in [0.717, 1.165) is 27.1 Å². The van der Waals surface area contributed by atoms with E-state index in [-0.39, 0.29) is 5.91 Å². The molecule has 0 N–H and O–H groups in total. The quantitative estimate of drug-likeness (QED) is 0.729. The summed E-state index contributed by atoms with van der Waals surface area (Å²) >= 11 is 1.56. The fourth-order valence-corrected chi connectivity index (χ4v) is 3.44. The molecule has 1 amide bonds. The normalized spacial score (nSPS) is 12.0. The van der Waals surface area contributed by atoms with E-state index in [0.29, 0.717) is 6.42 Å². The molecule has 3 aromatic rings. The Kier molecular flexibility index (Phi) is 3.97. The highest BCUT2D eigenvalue weighted by molar-refractivity contribution is 7.16. The predicted molar refractivity (Wildman–Crippen MR) is 86.2 cm³/mol. The van der Waals surface area contributed by atoms with Crippen LogP contribution in [0.4, 0.5) is 0 Å². The topological polar surface area (TPSA) is 34.4 Å². The van der Waals surface area contributed by atoms with Gasteiger partial charge in [-0.05, 0) is 24.6 Å². The van der Waals surface area contributed by atoms with Gasteiger partial charge in [-0.1, -0.05) is 53.8 Å². The number of hydrogen-bond donors (Lipinski definition) is 0. The molecule has 0 saturated heterocycles. The lowest BCUT2D eigenvalue weighted by atomic mass is 10.1. The minimum atomic E-state index is -0.102. The van der Waals surface area contributed by atoms with Gasteiger partial charge in [0.25, 0.3) is 5.91 Å². The molecule has 3 rings (SSSR count). The number of nitrogens with zero attached hydrogens (tertiary/aromatic N) is 2. The van der Waals surface area contributed by atoms with Gasteiger partial charge in [0.15, 0.2) is 4.80 Å². The second-order valence-electron chi connectivity index (χ2n) is 4.76. The lowest BCUT2D eigenvalue weighted by molar-refractivity contribution is -0.117. The highest BCUT2D eigenvalue weighted by atomic mass is 32.1. The standard InChI is InChI=1S/C17H16N2OS/c1-2-19-14-10-6-7-11-15(14)21-17(19)18-16(20)12-13-8-4-3-5-9-13/h3-11H,2,12H2,1H3. The number of carbonyl (C=O) groups excluding carboxylic acids is 1. The summed E-state index contributed by atoms with van der Waals surface area (Å²) in [7, 11) is 0. The van der Waals surface area contributed by atoms with E-state index in [1.54, 1.807) is 11.3 Å². The molecular formula is C17H16N2OS. The van der Waals surface area contributed by atoms with Crippen molar-refractivity contribution in [1.82, 2.24) is 4.57 Å². The summed E-state index contributed by atoms with van der Waals surface area (Å²) in [5.74, 6) is -0.102. The largest absolute Gasteiger partial charge is 0.317 e. The van der Waals surface area contributed by atoms with E-state index in [2.05, 4.69) is 28.6 Å². The number of para-hydroxylation sites is 1. The maximum absolute atomic E-state index is 12.2. The fourth-order valence-electron chi connectivity index (χ4n) is 2.33. The third kappa shape index (κ3) is 2.95. The number of thiazole rings is 1. The SMILES string of the molecule is CCn1c(=NC(=O)Cc2ccccc2)sc2ccccc21. The summed E-state index contributed by atoms with van der Waals surface area (Å²) in [6, 6.07) is 17.9. The number of hydrogen-bond acceptors (Lipinski definition) is 2. The zero-order valence-corrected chi connectivity index (χ0v) is 12.6. The van der Waals surface area contributed by atoms with Gasteiger partial charge in [0.2, 0.25) is 0 Å². The molecule has 0 saturated carbocycles. The van der Waals surface area contributed by atoms with Crippen LogP contribution in [0.3, 0.4) is 0 Å². The van der Waals surface area contributed by atoms with Gasteiger partial charge in [0.1, 0.15) is 0 Å². The van der Waals surface area contributed by atoms with Crippen LogP contribution in [-0.2, 0) is 17.8 Å². The van der Waals surface area contributed by atoms with Gasteiger partial charge in [0, 0.05) is 6.54 Å². The number of rotatable bonds is 3. The maximum Gasteiger partial charge on any atom is 0.252 e. The summed E-state index contributed by atoms with van der Waals surface area (Å²) in [5, 5.41) is 0. The first kappa shape index (κ1) is 13.8. The Hall–Kier alpha value is -2.20. The number of aryl methyl sites for hydroxylation is 1. The molecule has 1 aromatic heterocycles. The lowest BCUT2D eigenvalue weighted by Crippen LogP contribution is -2.16. The Morgan fingerprint density at radius 3 is 2.57 bits per heavy atom. The number of fused-ring (bicyclic) bond motifs is 1. The Labute approximate surface area is 127 Å². The minimum absolute atomic E-state index is 0.102. The molecule has 0 unspecified atom stereocenters. The summed E-state index contributed by atoms with van der Waals surface area (Å²) in [6.45, 7) is 2.88.